The molecule has 1 heterocycles. The van der Waals surface area contributed by atoms with Gasteiger partial charge in [0.25, 0.3) is 20.0 Å². The molecule has 3 N–H and O–H groups in total. The SMILES string of the molecule is CONC(=NS(=O)(=O)c1ccccc1S(=O)(=O)NOC)Nc1nc(C)cc(C)n1. The minimum absolute atomic E-state index is 0.0722. The molecule has 0 aliphatic rings. The van der Waals surface area contributed by atoms with Gasteiger partial charge in [0, 0.05) is 11.4 Å². The van der Waals surface area contributed by atoms with Gasteiger partial charge >= 0.3 is 0 Å². The number of anilines is 1. The zero-order chi connectivity index (χ0) is 21.7. The van der Waals surface area contributed by atoms with Crippen molar-refractivity contribution in [1.82, 2.24) is 20.3 Å². The van der Waals surface area contributed by atoms with E-state index in [4.69, 9.17) is 4.84 Å². The maximum Gasteiger partial charge on any atom is 0.286 e. The summed E-state index contributed by atoms with van der Waals surface area (Å²) in [7, 11) is -6.43. The van der Waals surface area contributed by atoms with Crippen molar-refractivity contribution >= 4 is 32.0 Å². The van der Waals surface area contributed by atoms with Crippen LogP contribution in [0.1, 0.15) is 11.4 Å². The highest BCUT2D eigenvalue weighted by atomic mass is 32.2. The first-order valence-electron chi connectivity index (χ1n) is 7.96. The van der Waals surface area contributed by atoms with E-state index in [0.717, 1.165) is 19.2 Å². The molecule has 0 saturated heterocycles. The molecule has 158 valence electrons. The van der Waals surface area contributed by atoms with Gasteiger partial charge in [-0.1, -0.05) is 17.0 Å². The van der Waals surface area contributed by atoms with Crippen LogP contribution in [0.15, 0.2) is 44.5 Å². The molecule has 0 aliphatic carbocycles. The maximum atomic E-state index is 12.8. The van der Waals surface area contributed by atoms with Crippen LogP contribution in [-0.4, -0.2) is 47.0 Å². The van der Waals surface area contributed by atoms with Gasteiger partial charge in [-0.05, 0) is 32.0 Å². The molecule has 0 fully saturated rings. The van der Waals surface area contributed by atoms with E-state index in [1.165, 1.54) is 19.2 Å². The average Bonchev–Trinajstić information content (AvgIpc) is 2.60. The quantitative estimate of drug-likeness (QED) is 0.306. The van der Waals surface area contributed by atoms with Gasteiger partial charge in [0.1, 0.15) is 9.79 Å². The Bertz CT molecular complexity index is 1100. The topological polar surface area (TPSA) is 161 Å². The lowest BCUT2D eigenvalue weighted by atomic mass is 10.4. The summed E-state index contributed by atoms with van der Waals surface area (Å²) in [4.78, 5) is 18.1. The van der Waals surface area contributed by atoms with Crippen molar-refractivity contribution in [2.24, 2.45) is 4.40 Å². The van der Waals surface area contributed by atoms with Crippen LogP contribution < -0.4 is 15.7 Å². The molecule has 0 atom stereocenters. The van der Waals surface area contributed by atoms with E-state index in [0.29, 0.717) is 11.4 Å². The number of nitrogens with zero attached hydrogens (tertiary/aromatic N) is 3. The van der Waals surface area contributed by atoms with Gasteiger partial charge in [0.05, 0.1) is 14.2 Å². The van der Waals surface area contributed by atoms with E-state index in [9.17, 15) is 16.8 Å². The number of nitrogens with one attached hydrogen (secondary N) is 3. The third-order valence-electron chi connectivity index (χ3n) is 3.23. The van der Waals surface area contributed by atoms with Crippen molar-refractivity contribution in [2.45, 2.75) is 23.6 Å². The second kappa shape index (κ2) is 9.23. The van der Waals surface area contributed by atoms with Crippen LogP contribution in [0.2, 0.25) is 0 Å². The molecule has 0 saturated carbocycles. The molecule has 2 aromatic rings. The third kappa shape index (κ3) is 5.91. The minimum atomic E-state index is -4.50. The van der Waals surface area contributed by atoms with Crippen molar-refractivity contribution in [2.75, 3.05) is 19.5 Å². The van der Waals surface area contributed by atoms with Crippen molar-refractivity contribution in [3.63, 3.8) is 0 Å². The highest BCUT2D eigenvalue weighted by Gasteiger charge is 2.27. The molecule has 0 unspecified atom stereocenters. The van der Waals surface area contributed by atoms with Gasteiger partial charge in [0.2, 0.25) is 11.9 Å². The summed E-state index contributed by atoms with van der Waals surface area (Å²) in [5, 5.41) is 2.59. The van der Waals surface area contributed by atoms with E-state index in [-0.39, 0.29) is 11.9 Å². The van der Waals surface area contributed by atoms with E-state index in [2.05, 4.69) is 30.0 Å². The van der Waals surface area contributed by atoms with Crippen LogP contribution in [-0.2, 0) is 29.7 Å². The Hall–Kier alpha value is -2.65. The summed E-state index contributed by atoms with van der Waals surface area (Å²) in [5.74, 6) is -0.299. The van der Waals surface area contributed by atoms with Crippen molar-refractivity contribution in [1.29, 1.82) is 0 Å². The first kappa shape index (κ1) is 22.6. The summed E-state index contributed by atoms with van der Waals surface area (Å²) < 4.78 is 53.7. The van der Waals surface area contributed by atoms with Crippen molar-refractivity contribution in [3.05, 3.63) is 41.7 Å². The average molecular weight is 444 g/mol. The molecule has 14 heteroatoms. The van der Waals surface area contributed by atoms with E-state index < -0.39 is 29.8 Å². The molecule has 0 amide bonds. The molecule has 2 rings (SSSR count). The van der Waals surface area contributed by atoms with Gasteiger partial charge in [0.15, 0.2) is 0 Å². The largest absolute Gasteiger partial charge is 0.292 e. The van der Waals surface area contributed by atoms with E-state index in [1.54, 1.807) is 24.8 Å². The molecule has 0 spiro atoms. The van der Waals surface area contributed by atoms with Crippen LogP contribution in [0.3, 0.4) is 0 Å². The minimum Gasteiger partial charge on any atom is -0.292 e. The number of rotatable bonds is 7. The molecule has 0 aliphatic heterocycles. The number of aromatic nitrogens is 2. The number of aryl methyl sites for hydroxylation is 2. The van der Waals surface area contributed by atoms with Crippen LogP contribution in [0.25, 0.3) is 0 Å². The first-order valence-corrected chi connectivity index (χ1v) is 10.9. The third-order valence-corrected chi connectivity index (χ3v) is 6.02. The van der Waals surface area contributed by atoms with Gasteiger partial charge in [-0.2, -0.15) is 8.42 Å². The second-order valence-corrected chi connectivity index (χ2v) is 8.74. The first-order chi connectivity index (χ1) is 13.6. The van der Waals surface area contributed by atoms with E-state index in [1.807, 2.05) is 0 Å². The number of guanidine groups is 1. The molecule has 0 bridgehead atoms. The predicted molar refractivity (Wildman–Crippen MR) is 104 cm³/mol. The highest BCUT2D eigenvalue weighted by molar-refractivity contribution is 7.93. The Balaban J connectivity index is 2.51. The van der Waals surface area contributed by atoms with Gasteiger partial charge < -0.3 is 0 Å². The Labute approximate surface area is 168 Å². The molecule has 1 aromatic carbocycles. The fourth-order valence-electron chi connectivity index (χ4n) is 2.26. The lowest BCUT2D eigenvalue weighted by molar-refractivity contribution is 0.144. The fourth-order valence-corrected chi connectivity index (χ4v) is 4.80. The monoisotopic (exact) mass is 444 g/mol. The summed E-state index contributed by atoms with van der Waals surface area (Å²) >= 11 is 0. The van der Waals surface area contributed by atoms with Crippen LogP contribution in [0, 0.1) is 13.8 Å². The maximum absolute atomic E-state index is 12.8. The summed E-state index contributed by atoms with van der Waals surface area (Å²) in [5.41, 5.74) is 3.55. The smallest absolute Gasteiger partial charge is 0.286 e. The number of hydrogen-bond donors (Lipinski definition) is 3. The zero-order valence-electron chi connectivity index (χ0n) is 16.0. The zero-order valence-corrected chi connectivity index (χ0v) is 17.6. The van der Waals surface area contributed by atoms with Crippen LogP contribution in [0.4, 0.5) is 5.95 Å². The fraction of sp³-hybridized carbons (Fsp3) is 0.267. The number of hydrogen-bond acceptors (Lipinski definition) is 8. The molecule has 29 heavy (non-hydrogen) atoms. The number of sulfonamides is 2. The van der Waals surface area contributed by atoms with E-state index >= 15 is 0 Å². The predicted octanol–water partition coefficient (Wildman–Crippen LogP) is 0.241. The molecule has 0 radical (unpaired) electrons. The standard InChI is InChI=1S/C15H20N6O6S2/c1-10-9-11(2)17-14(16-10)18-15(19-26-3)20-28(22,23)12-7-5-6-8-13(12)29(24,25)21-27-4/h5-9,21H,1-4H3,(H2,16,17,18,19,20). The Morgan fingerprint density at radius 2 is 1.55 bits per heavy atom. The summed E-state index contributed by atoms with van der Waals surface area (Å²) in [6, 6.07) is 6.65. The molecule has 12 nitrogen and oxygen atoms in total. The van der Waals surface area contributed by atoms with Gasteiger partial charge in [-0.15, -0.1) is 4.40 Å². The molecular formula is C15H20N6O6S2. The van der Waals surface area contributed by atoms with Crippen molar-refractivity contribution < 1.29 is 26.5 Å². The van der Waals surface area contributed by atoms with Crippen LogP contribution in [0.5, 0.6) is 0 Å². The molecule has 1 aromatic heterocycles. The lowest BCUT2D eigenvalue weighted by Gasteiger charge is -2.12. The number of benzene rings is 1. The molecular weight excluding hydrogens is 424 g/mol. The van der Waals surface area contributed by atoms with Crippen molar-refractivity contribution in [3.8, 4) is 0 Å². The Kier molecular flexibility index (Phi) is 7.21. The number of hydroxylamine groups is 1. The van der Waals surface area contributed by atoms with Gasteiger partial charge in [-0.3, -0.25) is 15.0 Å². The Morgan fingerprint density at radius 3 is 2.10 bits per heavy atom. The van der Waals surface area contributed by atoms with Gasteiger partial charge in [-0.25, -0.2) is 23.9 Å². The Morgan fingerprint density at radius 1 is 0.966 bits per heavy atom. The highest BCUT2D eigenvalue weighted by Crippen LogP contribution is 2.22. The second-order valence-electron chi connectivity index (χ2n) is 5.56. The lowest BCUT2D eigenvalue weighted by Crippen LogP contribution is -2.32. The normalized spacial score (nSPS) is 12.6. The van der Waals surface area contributed by atoms with Crippen LogP contribution >= 0.6 is 0 Å². The summed E-state index contributed by atoms with van der Waals surface area (Å²) in [6.07, 6.45) is 0. The summed E-state index contributed by atoms with van der Waals surface area (Å²) in [6.45, 7) is 3.47.